The normalized spacial score (nSPS) is 26.5. The van der Waals surface area contributed by atoms with Crippen LogP contribution in [0.2, 0.25) is 0 Å². The van der Waals surface area contributed by atoms with E-state index in [0.29, 0.717) is 12.8 Å². The van der Waals surface area contributed by atoms with Crippen LogP contribution in [0.25, 0.3) is 0 Å². The maximum Gasteiger partial charge on any atom is 0.306 e. The Morgan fingerprint density at radius 2 is 2.13 bits per heavy atom. The number of cyclic esters (lactones) is 1. The fourth-order valence-corrected chi connectivity index (χ4v) is 2.00. The number of carbonyl (C=O) groups is 2. The Hall–Kier alpha value is -1.06. The average molecular weight is 214 g/mol. The molecule has 0 radical (unpaired) electrons. The van der Waals surface area contributed by atoms with Crippen LogP contribution in [0.3, 0.4) is 0 Å². The second-order valence-corrected chi connectivity index (χ2v) is 5.14. The molecule has 2 atom stereocenters. The van der Waals surface area contributed by atoms with Gasteiger partial charge in [0.2, 0.25) is 0 Å². The number of aliphatic carboxylic acids is 1. The summed E-state index contributed by atoms with van der Waals surface area (Å²) in [6.07, 6.45) is 0.662. The number of carboxylic acid groups (broad SMARTS) is 1. The first kappa shape index (κ1) is 12.0. The van der Waals surface area contributed by atoms with Gasteiger partial charge in [0.1, 0.15) is 6.10 Å². The number of carboxylic acids is 1. The van der Waals surface area contributed by atoms with Gasteiger partial charge in [-0.25, -0.2) is 0 Å². The minimum atomic E-state index is -0.842. The zero-order valence-electron chi connectivity index (χ0n) is 9.45. The van der Waals surface area contributed by atoms with Gasteiger partial charge in [-0.1, -0.05) is 20.8 Å². The van der Waals surface area contributed by atoms with E-state index in [9.17, 15) is 9.59 Å². The van der Waals surface area contributed by atoms with Crippen molar-refractivity contribution < 1.29 is 19.4 Å². The predicted molar refractivity (Wildman–Crippen MR) is 54.3 cm³/mol. The molecule has 0 bridgehead atoms. The van der Waals surface area contributed by atoms with E-state index >= 15 is 0 Å². The summed E-state index contributed by atoms with van der Waals surface area (Å²) in [5.74, 6) is -0.916. The van der Waals surface area contributed by atoms with Gasteiger partial charge < -0.3 is 9.84 Å². The fourth-order valence-electron chi connectivity index (χ4n) is 2.00. The van der Waals surface area contributed by atoms with Crippen molar-refractivity contribution in [2.45, 2.75) is 46.1 Å². The van der Waals surface area contributed by atoms with Gasteiger partial charge in [0.15, 0.2) is 0 Å². The molecule has 0 aromatic heterocycles. The van der Waals surface area contributed by atoms with Gasteiger partial charge in [-0.2, -0.15) is 0 Å². The fraction of sp³-hybridized carbons (Fsp3) is 0.818. The van der Waals surface area contributed by atoms with Crippen LogP contribution >= 0.6 is 0 Å². The highest BCUT2D eigenvalue weighted by Gasteiger charge is 2.41. The van der Waals surface area contributed by atoms with Gasteiger partial charge in [-0.3, -0.25) is 9.59 Å². The molecule has 0 saturated carbocycles. The summed E-state index contributed by atoms with van der Waals surface area (Å²) in [6, 6.07) is 0. The maximum atomic E-state index is 11.2. The van der Waals surface area contributed by atoms with Crippen molar-refractivity contribution in [3.63, 3.8) is 0 Å². The van der Waals surface area contributed by atoms with Crippen LogP contribution in [-0.4, -0.2) is 23.1 Å². The van der Waals surface area contributed by atoms with Crippen molar-refractivity contribution in [3.8, 4) is 0 Å². The summed E-state index contributed by atoms with van der Waals surface area (Å²) in [6.45, 7) is 6.15. The molecule has 0 aromatic rings. The number of hydrogen-bond acceptors (Lipinski definition) is 3. The molecular weight excluding hydrogens is 196 g/mol. The summed E-state index contributed by atoms with van der Waals surface area (Å²) in [5.41, 5.74) is -0.0185. The van der Waals surface area contributed by atoms with Crippen LogP contribution in [0.4, 0.5) is 0 Å². The lowest BCUT2D eigenvalue weighted by atomic mass is 9.76. The zero-order chi connectivity index (χ0) is 11.6. The summed E-state index contributed by atoms with van der Waals surface area (Å²) in [5, 5.41) is 8.59. The monoisotopic (exact) mass is 214 g/mol. The van der Waals surface area contributed by atoms with Crippen LogP contribution in [0.15, 0.2) is 0 Å². The summed E-state index contributed by atoms with van der Waals surface area (Å²) in [4.78, 5) is 21.6. The van der Waals surface area contributed by atoms with E-state index in [1.165, 1.54) is 0 Å². The summed E-state index contributed by atoms with van der Waals surface area (Å²) < 4.78 is 5.15. The van der Waals surface area contributed by atoms with E-state index in [2.05, 4.69) is 0 Å². The van der Waals surface area contributed by atoms with Crippen LogP contribution in [0, 0.1) is 11.3 Å². The maximum absolute atomic E-state index is 11.2. The molecule has 2 unspecified atom stereocenters. The van der Waals surface area contributed by atoms with Crippen LogP contribution < -0.4 is 0 Å². The summed E-state index contributed by atoms with van der Waals surface area (Å²) >= 11 is 0. The number of carbonyl (C=O) groups excluding carboxylic acids is 1. The lowest BCUT2D eigenvalue weighted by molar-refractivity contribution is -0.144. The lowest BCUT2D eigenvalue weighted by Crippen LogP contribution is -2.29. The van der Waals surface area contributed by atoms with Gasteiger partial charge in [-0.05, 0) is 11.8 Å². The highest BCUT2D eigenvalue weighted by Crippen LogP contribution is 2.39. The summed E-state index contributed by atoms with van der Waals surface area (Å²) in [7, 11) is 0. The Bertz CT molecular complexity index is 264. The quantitative estimate of drug-likeness (QED) is 0.728. The molecule has 1 fully saturated rings. The number of hydrogen-bond donors (Lipinski definition) is 1. The van der Waals surface area contributed by atoms with Gasteiger partial charge in [-0.15, -0.1) is 0 Å². The number of ether oxygens (including phenoxy) is 1. The topological polar surface area (TPSA) is 63.6 Å². The van der Waals surface area contributed by atoms with Crippen molar-refractivity contribution in [1.82, 2.24) is 0 Å². The first-order valence-corrected chi connectivity index (χ1v) is 5.22. The Morgan fingerprint density at radius 1 is 1.53 bits per heavy atom. The van der Waals surface area contributed by atoms with E-state index in [0.717, 1.165) is 0 Å². The van der Waals surface area contributed by atoms with Gasteiger partial charge in [0.05, 0.1) is 6.42 Å². The standard InChI is InChI=1S/C11H18O4/c1-11(2,3)7-6-10(14)15-8(7)4-5-9(12)13/h7-8H,4-6H2,1-3H3,(H,12,13). The first-order valence-electron chi connectivity index (χ1n) is 5.22. The Labute approximate surface area is 89.6 Å². The van der Waals surface area contributed by atoms with E-state index in [1.807, 2.05) is 20.8 Å². The van der Waals surface area contributed by atoms with Crippen molar-refractivity contribution in [2.24, 2.45) is 11.3 Å². The average Bonchev–Trinajstić information content (AvgIpc) is 2.42. The van der Waals surface area contributed by atoms with E-state index < -0.39 is 5.97 Å². The van der Waals surface area contributed by atoms with Crippen LogP contribution in [0.5, 0.6) is 0 Å². The molecule has 0 amide bonds. The zero-order valence-corrected chi connectivity index (χ0v) is 9.45. The van der Waals surface area contributed by atoms with Crippen molar-refractivity contribution in [2.75, 3.05) is 0 Å². The predicted octanol–water partition coefficient (Wildman–Crippen LogP) is 1.83. The van der Waals surface area contributed by atoms with Crippen molar-refractivity contribution in [1.29, 1.82) is 0 Å². The van der Waals surface area contributed by atoms with Crippen LogP contribution in [-0.2, 0) is 14.3 Å². The molecule has 86 valence electrons. The Morgan fingerprint density at radius 3 is 2.60 bits per heavy atom. The van der Waals surface area contributed by atoms with E-state index in [4.69, 9.17) is 9.84 Å². The molecule has 1 N–H and O–H groups in total. The molecule has 4 heteroatoms. The Balaban J connectivity index is 2.61. The molecule has 0 aromatic carbocycles. The molecule has 1 aliphatic rings. The third-order valence-corrected chi connectivity index (χ3v) is 2.87. The number of esters is 1. The van der Waals surface area contributed by atoms with E-state index in [1.54, 1.807) is 0 Å². The largest absolute Gasteiger partial charge is 0.481 e. The molecule has 0 aliphatic carbocycles. The van der Waals surface area contributed by atoms with Gasteiger partial charge in [0, 0.05) is 12.3 Å². The van der Waals surface area contributed by atoms with Crippen molar-refractivity contribution in [3.05, 3.63) is 0 Å². The Kier molecular flexibility index (Phi) is 3.37. The highest BCUT2D eigenvalue weighted by atomic mass is 16.5. The third kappa shape index (κ3) is 3.22. The van der Waals surface area contributed by atoms with Gasteiger partial charge in [0.25, 0.3) is 0 Å². The van der Waals surface area contributed by atoms with E-state index in [-0.39, 0.29) is 29.8 Å². The molecule has 15 heavy (non-hydrogen) atoms. The minimum absolute atomic E-state index is 0.0185. The molecule has 1 saturated heterocycles. The van der Waals surface area contributed by atoms with Crippen molar-refractivity contribution >= 4 is 11.9 Å². The van der Waals surface area contributed by atoms with Gasteiger partial charge >= 0.3 is 11.9 Å². The first-order chi connectivity index (χ1) is 6.80. The lowest BCUT2D eigenvalue weighted by Gasteiger charge is -2.29. The molecular formula is C11H18O4. The third-order valence-electron chi connectivity index (χ3n) is 2.87. The second-order valence-electron chi connectivity index (χ2n) is 5.14. The molecule has 1 rings (SSSR count). The molecule has 0 spiro atoms. The number of rotatable bonds is 3. The second kappa shape index (κ2) is 4.21. The SMILES string of the molecule is CC(C)(C)C1CC(=O)OC1CCC(=O)O. The molecule has 1 aliphatic heterocycles. The minimum Gasteiger partial charge on any atom is -0.481 e. The van der Waals surface area contributed by atoms with Crippen LogP contribution in [0.1, 0.15) is 40.0 Å². The molecule has 4 nitrogen and oxygen atoms in total. The highest BCUT2D eigenvalue weighted by molar-refractivity contribution is 5.72. The smallest absolute Gasteiger partial charge is 0.306 e. The molecule has 1 heterocycles.